The quantitative estimate of drug-likeness (QED) is 0.684. The number of benzene rings is 1. The monoisotopic (exact) mass is 280 g/mol. The molecule has 0 aliphatic heterocycles. The molecule has 1 aromatic rings. The highest BCUT2D eigenvalue weighted by Gasteiger charge is 2.16. The molecule has 0 bridgehead atoms. The number of rotatable bonds is 8. The van der Waals surface area contributed by atoms with E-state index in [1.165, 1.54) is 6.07 Å². The third kappa shape index (κ3) is 5.02. The van der Waals surface area contributed by atoms with E-state index >= 15 is 0 Å². The molecule has 0 radical (unpaired) electrons. The van der Waals surface area contributed by atoms with Crippen molar-refractivity contribution in [3.05, 3.63) is 35.6 Å². The summed E-state index contributed by atoms with van der Waals surface area (Å²) in [6, 6.07) is 6.56. The minimum atomic E-state index is -0.429. The van der Waals surface area contributed by atoms with Gasteiger partial charge in [-0.1, -0.05) is 19.1 Å². The van der Waals surface area contributed by atoms with Gasteiger partial charge in [-0.05, 0) is 39.7 Å². The Morgan fingerprint density at radius 3 is 2.50 bits per heavy atom. The first-order chi connectivity index (χ1) is 9.45. The van der Waals surface area contributed by atoms with Crippen LogP contribution in [0.25, 0.3) is 0 Å². The van der Waals surface area contributed by atoms with Crippen LogP contribution >= 0.6 is 0 Å². The van der Waals surface area contributed by atoms with Gasteiger partial charge in [-0.15, -0.1) is 0 Å². The molecule has 1 rings (SSSR count). The molecule has 1 atom stereocenters. The molecule has 4 heteroatoms. The second-order valence-electron chi connectivity index (χ2n) is 5.39. The summed E-state index contributed by atoms with van der Waals surface area (Å²) >= 11 is 0. The van der Waals surface area contributed by atoms with E-state index in [0.717, 1.165) is 13.1 Å². The maximum absolute atomic E-state index is 13.5. The van der Waals surface area contributed by atoms with E-state index in [-0.39, 0.29) is 11.3 Å². The van der Waals surface area contributed by atoms with E-state index in [2.05, 4.69) is 23.6 Å². The van der Waals surface area contributed by atoms with E-state index < -0.39 is 5.82 Å². The van der Waals surface area contributed by atoms with E-state index in [1.807, 2.05) is 14.1 Å². The number of hydrogen-bond donors (Lipinski definition) is 0. The average Bonchev–Trinajstić information content (AvgIpc) is 2.38. The highest BCUT2D eigenvalue weighted by atomic mass is 19.1. The highest BCUT2D eigenvalue weighted by molar-refractivity contribution is 5.96. The lowest BCUT2D eigenvalue weighted by molar-refractivity contribution is 0.0945. The van der Waals surface area contributed by atoms with Gasteiger partial charge in [-0.25, -0.2) is 4.39 Å². The van der Waals surface area contributed by atoms with Crippen LogP contribution in [0.15, 0.2) is 24.3 Å². The number of carbonyl (C=O) groups is 1. The maximum Gasteiger partial charge on any atom is 0.167 e. The van der Waals surface area contributed by atoms with Crippen molar-refractivity contribution < 1.29 is 9.18 Å². The average molecular weight is 280 g/mol. The Morgan fingerprint density at radius 1 is 1.30 bits per heavy atom. The van der Waals surface area contributed by atoms with E-state index in [9.17, 15) is 9.18 Å². The smallest absolute Gasteiger partial charge is 0.167 e. The zero-order chi connectivity index (χ0) is 15.1. The molecular weight excluding hydrogens is 255 g/mol. The van der Waals surface area contributed by atoms with Crippen LogP contribution in [0.3, 0.4) is 0 Å². The van der Waals surface area contributed by atoms with Gasteiger partial charge in [0.1, 0.15) is 5.82 Å². The van der Waals surface area contributed by atoms with Gasteiger partial charge in [0, 0.05) is 25.6 Å². The predicted molar refractivity (Wildman–Crippen MR) is 80.6 cm³/mol. The van der Waals surface area contributed by atoms with Gasteiger partial charge in [0.25, 0.3) is 0 Å². The van der Waals surface area contributed by atoms with Crippen molar-refractivity contribution in [1.82, 2.24) is 9.80 Å². The number of halogens is 1. The lowest BCUT2D eigenvalue weighted by Crippen LogP contribution is -2.41. The van der Waals surface area contributed by atoms with Crippen molar-refractivity contribution in [2.45, 2.75) is 26.3 Å². The van der Waals surface area contributed by atoms with Gasteiger partial charge in [-0.2, -0.15) is 0 Å². The zero-order valence-electron chi connectivity index (χ0n) is 12.9. The SMILES string of the molecule is CCN(CCC(=O)c1ccccc1F)C(C)CN(C)C. The second-order valence-corrected chi connectivity index (χ2v) is 5.39. The Kier molecular flexibility index (Phi) is 6.82. The second kappa shape index (κ2) is 8.12. The normalized spacial score (nSPS) is 12.9. The number of nitrogens with zero attached hydrogens (tertiary/aromatic N) is 2. The van der Waals surface area contributed by atoms with Crippen molar-refractivity contribution >= 4 is 5.78 Å². The molecular formula is C16H25FN2O. The summed E-state index contributed by atoms with van der Waals surface area (Å²) in [6.07, 6.45) is 0.354. The fraction of sp³-hybridized carbons (Fsp3) is 0.562. The van der Waals surface area contributed by atoms with E-state index in [1.54, 1.807) is 18.2 Å². The summed E-state index contributed by atoms with van der Waals surface area (Å²) in [5.41, 5.74) is 0.198. The fourth-order valence-electron chi connectivity index (χ4n) is 2.40. The standard InChI is InChI=1S/C16H25FN2O/c1-5-19(13(2)12-18(3)4)11-10-16(20)14-8-6-7-9-15(14)17/h6-9,13H,5,10-12H2,1-4H3. The molecule has 0 fully saturated rings. The summed E-state index contributed by atoms with van der Waals surface area (Å²) < 4.78 is 13.5. The van der Waals surface area contributed by atoms with Crippen LogP contribution in [0.5, 0.6) is 0 Å². The summed E-state index contributed by atoms with van der Waals surface area (Å²) in [4.78, 5) is 16.4. The van der Waals surface area contributed by atoms with Crippen LogP contribution in [-0.2, 0) is 0 Å². The van der Waals surface area contributed by atoms with Crippen molar-refractivity contribution in [1.29, 1.82) is 0 Å². The van der Waals surface area contributed by atoms with Crippen LogP contribution in [0.1, 0.15) is 30.6 Å². The molecule has 20 heavy (non-hydrogen) atoms. The molecule has 1 unspecified atom stereocenters. The largest absolute Gasteiger partial charge is 0.308 e. The molecule has 0 aliphatic carbocycles. The van der Waals surface area contributed by atoms with Crippen molar-refractivity contribution in [3.63, 3.8) is 0 Å². The summed E-state index contributed by atoms with van der Waals surface area (Å²) in [5.74, 6) is -0.555. The predicted octanol–water partition coefficient (Wildman–Crippen LogP) is 2.67. The zero-order valence-corrected chi connectivity index (χ0v) is 12.9. The van der Waals surface area contributed by atoms with Gasteiger partial charge in [-0.3, -0.25) is 9.69 Å². The molecule has 0 N–H and O–H groups in total. The molecule has 112 valence electrons. The minimum absolute atomic E-state index is 0.126. The van der Waals surface area contributed by atoms with Crippen molar-refractivity contribution in [2.75, 3.05) is 33.7 Å². The molecule has 0 spiro atoms. The molecule has 0 heterocycles. The van der Waals surface area contributed by atoms with E-state index in [4.69, 9.17) is 0 Å². The molecule has 0 aromatic heterocycles. The first-order valence-corrected chi connectivity index (χ1v) is 7.12. The molecule has 0 saturated heterocycles. The van der Waals surface area contributed by atoms with E-state index in [0.29, 0.717) is 19.0 Å². The Morgan fingerprint density at radius 2 is 1.95 bits per heavy atom. The lowest BCUT2D eigenvalue weighted by Gasteiger charge is -2.29. The number of ketones is 1. The maximum atomic E-state index is 13.5. The van der Waals surface area contributed by atoms with Crippen molar-refractivity contribution in [2.24, 2.45) is 0 Å². The summed E-state index contributed by atoms with van der Waals surface area (Å²) in [6.45, 7) is 6.73. The Hall–Kier alpha value is -1.26. The van der Waals surface area contributed by atoms with Crippen molar-refractivity contribution in [3.8, 4) is 0 Å². The van der Waals surface area contributed by atoms with Gasteiger partial charge in [0.2, 0.25) is 0 Å². The lowest BCUT2D eigenvalue weighted by atomic mass is 10.1. The molecule has 1 aromatic carbocycles. The molecule has 0 aliphatic rings. The number of carbonyl (C=O) groups excluding carboxylic acids is 1. The summed E-state index contributed by atoms with van der Waals surface area (Å²) in [5, 5.41) is 0. The van der Waals surface area contributed by atoms with Crippen LogP contribution in [0.4, 0.5) is 4.39 Å². The minimum Gasteiger partial charge on any atom is -0.308 e. The molecule has 0 saturated carbocycles. The third-order valence-electron chi connectivity index (χ3n) is 3.46. The topological polar surface area (TPSA) is 23.6 Å². The fourth-order valence-corrected chi connectivity index (χ4v) is 2.40. The number of likely N-dealkylation sites (N-methyl/N-ethyl adjacent to an activating group) is 2. The van der Waals surface area contributed by atoms with Gasteiger partial charge >= 0.3 is 0 Å². The van der Waals surface area contributed by atoms with Gasteiger partial charge in [0.15, 0.2) is 5.78 Å². The highest BCUT2D eigenvalue weighted by Crippen LogP contribution is 2.10. The van der Waals surface area contributed by atoms with Crippen LogP contribution in [0, 0.1) is 5.82 Å². The Balaban J connectivity index is 2.56. The number of Topliss-reactive ketones (excluding diaryl/α,β-unsaturated/α-hetero) is 1. The van der Waals surface area contributed by atoms with Crippen LogP contribution < -0.4 is 0 Å². The first-order valence-electron chi connectivity index (χ1n) is 7.12. The third-order valence-corrected chi connectivity index (χ3v) is 3.46. The molecule has 3 nitrogen and oxygen atoms in total. The Bertz CT molecular complexity index is 434. The van der Waals surface area contributed by atoms with Gasteiger partial charge < -0.3 is 4.90 Å². The van der Waals surface area contributed by atoms with Crippen LogP contribution in [-0.4, -0.2) is 55.4 Å². The summed E-state index contributed by atoms with van der Waals surface area (Å²) in [7, 11) is 4.07. The first kappa shape index (κ1) is 16.8. The van der Waals surface area contributed by atoms with Crippen LogP contribution in [0.2, 0.25) is 0 Å². The molecule has 0 amide bonds. The van der Waals surface area contributed by atoms with Gasteiger partial charge in [0.05, 0.1) is 5.56 Å². The number of hydrogen-bond acceptors (Lipinski definition) is 3. The Labute approximate surface area is 121 Å².